The molecule has 0 unspecified atom stereocenters. The molecule has 1 aromatic carbocycles. The van der Waals surface area contributed by atoms with Crippen LogP contribution in [0.15, 0.2) is 45.6 Å². The van der Waals surface area contributed by atoms with E-state index in [1.807, 2.05) is 6.07 Å². The topological polar surface area (TPSA) is 105 Å². The molecule has 2 rings (SSSR count). The number of halogens is 3. The normalized spacial score (nSPS) is 9.46. The average Bonchev–Trinajstić information content (AvgIpc) is 2.45. The largest absolute Gasteiger partial charge is 1.00 e. The van der Waals surface area contributed by atoms with Gasteiger partial charge in [-0.15, -0.1) is 0 Å². The van der Waals surface area contributed by atoms with Gasteiger partial charge in [-0.2, -0.15) is 4.57 Å². The molecule has 2 N–H and O–H groups in total. The van der Waals surface area contributed by atoms with Gasteiger partial charge in [0.25, 0.3) is 0 Å². The van der Waals surface area contributed by atoms with Crippen LogP contribution < -0.4 is 26.3 Å². The maximum Gasteiger partial charge on any atom is 0.311 e. The van der Waals surface area contributed by atoms with Crippen molar-refractivity contribution in [3.8, 4) is 5.75 Å². The van der Waals surface area contributed by atoms with Gasteiger partial charge in [0, 0.05) is 11.6 Å². The van der Waals surface area contributed by atoms with Crippen LogP contribution in [0.25, 0.3) is 0 Å². The molecule has 0 aliphatic rings. The molecule has 1 heterocycles. The van der Waals surface area contributed by atoms with Crippen molar-refractivity contribution in [3.63, 3.8) is 0 Å². The van der Waals surface area contributed by atoms with Crippen molar-refractivity contribution in [1.82, 2.24) is 0 Å². The molecule has 130 valence electrons. The summed E-state index contributed by atoms with van der Waals surface area (Å²) in [6.07, 6.45) is 3.50. The zero-order valence-corrected chi connectivity index (χ0v) is 17.1. The zero-order valence-electron chi connectivity index (χ0n) is 12.3. The molecule has 10 heteroatoms. The molecule has 0 bridgehead atoms. The molecule has 0 atom stereocenters. The summed E-state index contributed by atoms with van der Waals surface area (Å²) in [4.78, 5) is 22.7. The number of ether oxygens (including phenoxy) is 1. The van der Waals surface area contributed by atoms with Gasteiger partial charge in [0.15, 0.2) is 18.1 Å². The van der Waals surface area contributed by atoms with E-state index in [1.165, 1.54) is 25.3 Å². The molecular formula is C14H13Br3N2O5. The Morgan fingerprint density at radius 1 is 1.25 bits per heavy atom. The number of nitro benzene ring substituents is 1. The van der Waals surface area contributed by atoms with E-state index in [4.69, 9.17) is 4.74 Å². The van der Waals surface area contributed by atoms with E-state index in [1.54, 1.807) is 17.0 Å². The second kappa shape index (κ2) is 9.82. The quantitative estimate of drug-likeness (QED) is 0.225. The third-order valence-corrected chi connectivity index (χ3v) is 3.75. The van der Waals surface area contributed by atoms with E-state index >= 15 is 0 Å². The first-order valence-corrected chi connectivity index (χ1v) is 7.70. The zero-order chi connectivity index (χ0) is 16.3. The summed E-state index contributed by atoms with van der Waals surface area (Å²) >= 11 is 6.68. The molecule has 0 amide bonds. The summed E-state index contributed by atoms with van der Waals surface area (Å²) in [5.41, 5.74) is 0.0323. The predicted molar refractivity (Wildman–Crippen MR) is 89.6 cm³/mol. The van der Waals surface area contributed by atoms with E-state index in [0.717, 1.165) is 8.95 Å². The van der Waals surface area contributed by atoms with Gasteiger partial charge in [0.2, 0.25) is 12.3 Å². The van der Waals surface area contributed by atoms with Gasteiger partial charge in [-0.3, -0.25) is 14.9 Å². The highest BCUT2D eigenvalue weighted by molar-refractivity contribution is 9.11. The van der Waals surface area contributed by atoms with Crippen molar-refractivity contribution in [1.29, 1.82) is 0 Å². The molecule has 0 radical (unpaired) electrons. The summed E-state index contributed by atoms with van der Waals surface area (Å²) in [6.45, 7) is 0.0710. The first-order chi connectivity index (χ1) is 10.4. The Bertz CT molecular complexity index is 735. The number of nitro groups is 1. The molecule has 0 saturated heterocycles. The molecule has 2 aromatic rings. The van der Waals surface area contributed by atoms with E-state index < -0.39 is 4.92 Å². The third-order valence-electron chi connectivity index (χ3n) is 2.88. The Balaban J connectivity index is 0.00000264. The minimum atomic E-state index is -0.571. The van der Waals surface area contributed by atoms with Crippen LogP contribution in [-0.2, 0) is 6.54 Å². The summed E-state index contributed by atoms with van der Waals surface area (Å²) in [5, 5.41) is 11.0. The van der Waals surface area contributed by atoms with Gasteiger partial charge in [-0.1, -0.05) is 0 Å². The molecule has 0 fully saturated rings. The number of methoxy groups -OCH3 is 1. The fraction of sp³-hybridized carbons (Fsp3) is 0.143. The molecule has 7 nitrogen and oxygen atoms in total. The lowest BCUT2D eigenvalue weighted by molar-refractivity contribution is -0.684. The first kappa shape index (κ1) is 22.6. The highest BCUT2D eigenvalue weighted by Gasteiger charge is 2.20. The molecule has 0 saturated carbocycles. The monoisotopic (exact) mass is 526 g/mol. The van der Waals surface area contributed by atoms with Crippen molar-refractivity contribution >= 4 is 43.3 Å². The maximum absolute atomic E-state index is 12.3. The molecule has 0 aliphatic heterocycles. The van der Waals surface area contributed by atoms with Crippen molar-refractivity contribution in [2.75, 3.05) is 7.11 Å². The lowest BCUT2D eigenvalue weighted by atomic mass is 10.1. The van der Waals surface area contributed by atoms with Gasteiger partial charge in [-0.25, -0.2) is 0 Å². The summed E-state index contributed by atoms with van der Waals surface area (Å²) in [7, 11) is 1.35. The average molecular weight is 529 g/mol. The van der Waals surface area contributed by atoms with Crippen LogP contribution in [0.5, 0.6) is 5.75 Å². The summed E-state index contributed by atoms with van der Waals surface area (Å²) < 4.78 is 8.24. The summed E-state index contributed by atoms with van der Waals surface area (Å²) in [6, 6.07) is 6.02. The van der Waals surface area contributed by atoms with Gasteiger partial charge in [0.1, 0.15) is 0 Å². The van der Waals surface area contributed by atoms with Crippen LogP contribution in [0.2, 0.25) is 0 Å². The number of nitrogens with zero attached hydrogens (tertiary/aromatic N) is 2. The number of carbonyl (C=O) groups excluding carboxylic acids is 1. The fourth-order valence-corrected chi connectivity index (χ4v) is 3.24. The number of hydrogen-bond donors (Lipinski definition) is 0. The number of pyridine rings is 1. The second-order valence-electron chi connectivity index (χ2n) is 4.41. The Hall–Kier alpha value is -1.36. The SMILES string of the molecule is COc1ccc(C(=O)C[n+]2cc(Br)cc(Br)c2)cc1[N+](=O)[O-].O.[Br-]. The Kier molecular flexibility index (Phi) is 9.26. The minimum Gasteiger partial charge on any atom is -1.00 e. The van der Waals surface area contributed by atoms with Crippen LogP contribution >= 0.6 is 31.9 Å². The van der Waals surface area contributed by atoms with Gasteiger partial charge in [0.05, 0.1) is 21.0 Å². The highest BCUT2D eigenvalue weighted by Crippen LogP contribution is 2.27. The molecular weight excluding hydrogens is 516 g/mol. The summed E-state index contributed by atoms with van der Waals surface area (Å²) in [5.74, 6) is -0.111. The van der Waals surface area contributed by atoms with Crippen LogP contribution in [0.3, 0.4) is 0 Å². The predicted octanol–water partition coefficient (Wildman–Crippen LogP) is -0.522. The minimum absolute atomic E-state index is 0. The Labute approximate surface area is 165 Å². The standard InChI is InChI=1S/C14H11Br2N2O4.BrH.H2O/c1-22-14-3-2-9(4-12(14)18(20)21)13(19)8-17-6-10(15)5-11(16)7-17;;/h2-7H,8H2,1H3;1H;1H2/q+1;;/p-1. The van der Waals surface area contributed by atoms with Gasteiger partial charge >= 0.3 is 5.69 Å². The third kappa shape index (κ3) is 5.62. The number of aromatic nitrogens is 1. The highest BCUT2D eigenvalue weighted by atomic mass is 79.9. The number of carbonyl (C=O) groups is 1. The van der Waals surface area contributed by atoms with Crippen LogP contribution in [0, 0.1) is 10.1 Å². The number of rotatable bonds is 5. The lowest BCUT2D eigenvalue weighted by Gasteiger charge is -2.03. The van der Waals surface area contributed by atoms with E-state index in [9.17, 15) is 14.9 Å². The van der Waals surface area contributed by atoms with Crippen molar-refractivity contribution < 1.29 is 41.5 Å². The van der Waals surface area contributed by atoms with Crippen LogP contribution in [0.4, 0.5) is 5.69 Å². The maximum atomic E-state index is 12.3. The molecule has 24 heavy (non-hydrogen) atoms. The number of benzene rings is 1. The lowest BCUT2D eigenvalue weighted by Crippen LogP contribution is -3.00. The van der Waals surface area contributed by atoms with E-state index in [-0.39, 0.29) is 51.8 Å². The molecule has 0 aliphatic carbocycles. The molecule has 1 aromatic heterocycles. The van der Waals surface area contributed by atoms with Crippen molar-refractivity contribution in [3.05, 3.63) is 61.3 Å². The fourth-order valence-electron chi connectivity index (χ4n) is 1.91. The molecule has 0 spiro atoms. The van der Waals surface area contributed by atoms with Crippen LogP contribution in [0.1, 0.15) is 10.4 Å². The van der Waals surface area contributed by atoms with E-state index in [0.29, 0.717) is 0 Å². The number of ketones is 1. The van der Waals surface area contributed by atoms with Crippen LogP contribution in [-0.4, -0.2) is 23.3 Å². The number of Topliss-reactive ketones (excluding diaryl/α,β-unsaturated/α-hetero) is 1. The van der Waals surface area contributed by atoms with Crippen molar-refractivity contribution in [2.45, 2.75) is 6.54 Å². The van der Waals surface area contributed by atoms with Gasteiger partial charge in [-0.05, 0) is 50.1 Å². The van der Waals surface area contributed by atoms with Crippen molar-refractivity contribution in [2.24, 2.45) is 0 Å². The number of hydrogen-bond acceptors (Lipinski definition) is 4. The second-order valence-corrected chi connectivity index (χ2v) is 6.24. The Morgan fingerprint density at radius 3 is 2.33 bits per heavy atom. The van der Waals surface area contributed by atoms with E-state index in [2.05, 4.69) is 31.9 Å². The van der Waals surface area contributed by atoms with Gasteiger partial charge < -0.3 is 27.2 Å². The first-order valence-electron chi connectivity index (χ1n) is 6.11. The smallest absolute Gasteiger partial charge is 0.311 e. The Morgan fingerprint density at radius 2 is 1.83 bits per heavy atom.